The van der Waals surface area contributed by atoms with Crippen molar-refractivity contribution < 1.29 is 9.47 Å². The summed E-state index contributed by atoms with van der Waals surface area (Å²) in [4.78, 5) is 7.97. The summed E-state index contributed by atoms with van der Waals surface area (Å²) < 4.78 is 10.8. The third-order valence-corrected chi connectivity index (χ3v) is 4.79. The van der Waals surface area contributed by atoms with Crippen LogP contribution < -0.4 is 10.1 Å². The first-order chi connectivity index (χ1) is 9.80. The van der Waals surface area contributed by atoms with E-state index in [0.29, 0.717) is 11.3 Å². The van der Waals surface area contributed by atoms with Crippen molar-refractivity contribution in [2.75, 3.05) is 27.4 Å². The Morgan fingerprint density at radius 2 is 2.40 bits per heavy atom. The molecule has 20 heavy (non-hydrogen) atoms. The number of aromatic nitrogens is 2. The molecule has 1 aliphatic rings. The first-order valence-corrected chi connectivity index (χ1v) is 7.63. The van der Waals surface area contributed by atoms with Crippen molar-refractivity contribution in [3.63, 3.8) is 0 Å². The summed E-state index contributed by atoms with van der Waals surface area (Å²) in [5.74, 6) is 0.840. The van der Waals surface area contributed by atoms with Gasteiger partial charge in [0.15, 0.2) is 5.16 Å². The van der Waals surface area contributed by atoms with Gasteiger partial charge < -0.3 is 19.8 Å². The van der Waals surface area contributed by atoms with Gasteiger partial charge in [0.25, 0.3) is 0 Å². The second-order valence-corrected chi connectivity index (χ2v) is 6.07. The third-order valence-electron chi connectivity index (χ3n) is 3.61. The first kappa shape index (κ1) is 13.7. The highest BCUT2D eigenvalue weighted by Crippen LogP contribution is 2.29. The summed E-state index contributed by atoms with van der Waals surface area (Å²) in [5.41, 5.74) is 1.97. The van der Waals surface area contributed by atoms with Crippen LogP contribution in [0.15, 0.2) is 23.4 Å². The lowest BCUT2D eigenvalue weighted by molar-refractivity contribution is 0.0850. The molecular weight excluding hydrogens is 274 g/mol. The van der Waals surface area contributed by atoms with E-state index in [-0.39, 0.29) is 0 Å². The number of imidazole rings is 1. The Hall–Kier alpha value is -1.24. The normalized spacial score (nSPS) is 23.1. The number of aromatic amines is 1. The number of ether oxygens (including phenoxy) is 2. The number of benzene rings is 1. The molecule has 2 aromatic rings. The molecule has 3 rings (SSSR count). The van der Waals surface area contributed by atoms with Crippen LogP contribution in [0.2, 0.25) is 0 Å². The topological polar surface area (TPSA) is 59.2 Å². The second-order valence-electron chi connectivity index (χ2n) is 4.84. The van der Waals surface area contributed by atoms with Crippen LogP contribution in [0.25, 0.3) is 11.0 Å². The van der Waals surface area contributed by atoms with Gasteiger partial charge >= 0.3 is 0 Å². The standard InChI is InChI=1S/C14H19N3O2S/c1-15-11-5-6-19-8-13(11)20-14-16-10-4-3-9(18-2)7-12(10)17-14/h3-4,7,11,13,15H,5-6,8H2,1-2H3,(H,16,17). The molecule has 1 aromatic heterocycles. The van der Waals surface area contributed by atoms with Gasteiger partial charge in [-0.1, -0.05) is 11.8 Å². The highest BCUT2D eigenvalue weighted by molar-refractivity contribution is 7.99. The molecule has 0 amide bonds. The van der Waals surface area contributed by atoms with Gasteiger partial charge in [0.05, 0.1) is 30.0 Å². The van der Waals surface area contributed by atoms with Crippen LogP contribution in [0.3, 0.4) is 0 Å². The van der Waals surface area contributed by atoms with E-state index in [1.807, 2.05) is 25.2 Å². The largest absolute Gasteiger partial charge is 0.497 e. The number of hydrogen-bond acceptors (Lipinski definition) is 5. The van der Waals surface area contributed by atoms with Crippen LogP contribution in [-0.4, -0.2) is 48.6 Å². The van der Waals surface area contributed by atoms with Gasteiger partial charge in [-0.2, -0.15) is 0 Å². The molecule has 2 atom stereocenters. The molecule has 0 bridgehead atoms. The van der Waals surface area contributed by atoms with Gasteiger partial charge in [0.1, 0.15) is 5.75 Å². The average molecular weight is 293 g/mol. The molecule has 5 nitrogen and oxygen atoms in total. The summed E-state index contributed by atoms with van der Waals surface area (Å²) >= 11 is 1.74. The molecule has 1 aromatic carbocycles. The molecule has 2 unspecified atom stereocenters. The van der Waals surface area contributed by atoms with Gasteiger partial charge in [-0.3, -0.25) is 0 Å². The van der Waals surface area contributed by atoms with Crippen molar-refractivity contribution in [1.29, 1.82) is 0 Å². The van der Waals surface area contributed by atoms with E-state index in [9.17, 15) is 0 Å². The lowest BCUT2D eigenvalue weighted by Crippen LogP contribution is -2.43. The summed E-state index contributed by atoms with van der Waals surface area (Å²) in [6.45, 7) is 1.59. The number of fused-ring (bicyclic) bond motifs is 1. The Kier molecular flexibility index (Phi) is 4.14. The van der Waals surface area contributed by atoms with Crippen LogP contribution >= 0.6 is 11.8 Å². The number of methoxy groups -OCH3 is 1. The van der Waals surface area contributed by atoms with Gasteiger partial charge in [0, 0.05) is 18.7 Å². The average Bonchev–Trinajstić information content (AvgIpc) is 2.89. The lowest BCUT2D eigenvalue weighted by atomic mass is 10.1. The zero-order valence-corrected chi connectivity index (χ0v) is 12.5. The van der Waals surface area contributed by atoms with Gasteiger partial charge in [-0.05, 0) is 25.6 Å². The first-order valence-electron chi connectivity index (χ1n) is 6.75. The van der Waals surface area contributed by atoms with Crippen molar-refractivity contribution in [1.82, 2.24) is 15.3 Å². The van der Waals surface area contributed by atoms with E-state index in [0.717, 1.165) is 41.6 Å². The van der Waals surface area contributed by atoms with E-state index in [1.54, 1.807) is 18.9 Å². The van der Waals surface area contributed by atoms with Crippen molar-refractivity contribution >= 4 is 22.8 Å². The molecular formula is C14H19N3O2S. The van der Waals surface area contributed by atoms with Gasteiger partial charge in [-0.15, -0.1) is 0 Å². The minimum Gasteiger partial charge on any atom is -0.497 e. The van der Waals surface area contributed by atoms with Crippen LogP contribution in [0.5, 0.6) is 5.75 Å². The van der Waals surface area contributed by atoms with Gasteiger partial charge in [0.2, 0.25) is 0 Å². The van der Waals surface area contributed by atoms with Crippen molar-refractivity contribution in [3.8, 4) is 5.75 Å². The Labute approximate surface area is 122 Å². The maximum atomic E-state index is 5.57. The summed E-state index contributed by atoms with van der Waals surface area (Å²) in [5, 5.41) is 4.68. The highest BCUT2D eigenvalue weighted by Gasteiger charge is 2.26. The highest BCUT2D eigenvalue weighted by atomic mass is 32.2. The van der Waals surface area contributed by atoms with Crippen molar-refractivity contribution in [3.05, 3.63) is 18.2 Å². The fraction of sp³-hybridized carbons (Fsp3) is 0.500. The molecule has 1 saturated heterocycles. The van der Waals surface area contributed by atoms with Crippen LogP contribution in [0, 0.1) is 0 Å². The molecule has 108 valence electrons. The Morgan fingerprint density at radius 1 is 1.50 bits per heavy atom. The van der Waals surface area contributed by atoms with E-state index in [1.165, 1.54) is 0 Å². The zero-order chi connectivity index (χ0) is 13.9. The zero-order valence-electron chi connectivity index (χ0n) is 11.7. The number of thioether (sulfide) groups is 1. The second kappa shape index (κ2) is 6.03. The van der Waals surface area contributed by atoms with Crippen LogP contribution in [-0.2, 0) is 4.74 Å². The molecule has 0 saturated carbocycles. The van der Waals surface area contributed by atoms with Crippen molar-refractivity contribution in [2.24, 2.45) is 0 Å². The van der Waals surface area contributed by atoms with E-state index in [2.05, 4.69) is 15.3 Å². The number of nitrogens with zero attached hydrogens (tertiary/aromatic N) is 1. The predicted octanol–water partition coefficient (Wildman–Crippen LogP) is 2.04. The predicted molar refractivity (Wildman–Crippen MR) is 80.6 cm³/mol. The summed E-state index contributed by atoms with van der Waals surface area (Å²) in [6, 6.07) is 6.34. The minimum atomic E-state index is 0.385. The quantitative estimate of drug-likeness (QED) is 0.903. The van der Waals surface area contributed by atoms with Crippen LogP contribution in [0.4, 0.5) is 0 Å². The Balaban J connectivity index is 1.79. The molecule has 0 radical (unpaired) electrons. The minimum absolute atomic E-state index is 0.385. The molecule has 6 heteroatoms. The Morgan fingerprint density at radius 3 is 3.20 bits per heavy atom. The molecule has 0 spiro atoms. The lowest BCUT2D eigenvalue weighted by Gasteiger charge is -2.29. The molecule has 1 fully saturated rings. The van der Waals surface area contributed by atoms with Gasteiger partial charge in [-0.25, -0.2) is 4.98 Å². The van der Waals surface area contributed by atoms with Crippen molar-refractivity contribution in [2.45, 2.75) is 22.9 Å². The molecule has 2 N–H and O–H groups in total. The molecule has 0 aliphatic carbocycles. The van der Waals surface area contributed by atoms with E-state index < -0.39 is 0 Å². The summed E-state index contributed by atoms with van der Waals surface area (Å²) in [7, 11) is 3.68. The number of hydrogen-bond donors (Lipinski definition) is 2. The number of nitrogens with one attached hydrogen (secondary N) is 2. The molecule has 2 heterocycles. The number of H-pyrrole nitrogens is 1. The monoisotopic (exact) mass is 293 g/mol. The fourth-order valence-electron chi connectivity index (χ4n) is 2.45. The molecule has 1 aliphatic heterocycles. The van der Waals surface area contributed by atoms with E-state index in [4.69, 9.17) is 9.47 Å². The maximum absolute atomic E-state index is 5.57. The fourth-order valence-corrected chi connectivity index (χ4v) is 3.66. The van der Waals surface area contributed by atoms with E-state index >= 15 is 0 Å². The Bertz CT molecular complexity index is 587. The number of rotatable bonds is 4. The summed E-state index contributed by atoms with van der Waals surface area (Å²) in [6.07, 6.45) is 1.04. The maximum Gasteiger partial charge on any atom is 0.166 e. The third kappa shape index (κ3) is 2.77. The SMILES string of the molecule is CNC1CCOCC1Sc1nc2ccc(OC)cc2[nH]1. The van der Waals surface area contributed by atoms with Crippen LogP contribution in [0.1, 0.15) is 6.42 Å². The smallest absolute Gasteiger partial charge is 0.166 e.